The zero-order valence-corrected chi connectivity index (χ0v) is 11.5. The fourth-order valence-corrected chi connectivity index (χ4v) is 4.20. The zero-order valence-electron chi connectivity index (χ0n) is 11.5. The maximum Gasteiger partial charge on any atom is 0.225 e. The van der Waals surface area contributed by atoms with Crippen molar-refractivity contribution >= 4 is 5.91 Å². The van der Waals surface area contributed by atoms with Crippen LogP contribution in [0.5, 0.6) is 0 Å². The van der Waals surface area contributed by atoms with E-state index in [1.807, 2.05) is 7.05 Å². The van der Waals surface area contributed by atoms with E-state index in [0.717, 1.165) is 0 Å². The number of nitrogens with zero attached hydrogens (tertiary/aromatic N) is 1. The summed E-state index contributed by atoms with van der Waals surface area (Å²) < 4.78 is 0. The van der Waals surface area contributed by atoms with Gasteiger partial charge in [0, 0.05) is 19.0 Å². The molecule has 1 amide bonds. The molecule has 0 heterocycles. The first-order chi connectivity index (χ1) is 7.91. The van der Waals surface area contributed by atoms with Crippen molar-refractivity contribution in [2.24, 2.45) is 16.7 Å². The highest BCUT2D eigenvalue weighted by molar-refractivity contribution is 5.80. The van der Waals surface area contributed by atoms with Crippen molar-refractivity contribution in [2.45, 2.75) is 64.8 Å². The topological polar surface area (TPSA) is 20.3 Å². The minimum absolute atomic E-state index is 0.365. The molecule has 0 bridgehead atoms. The third kappa shape index (κ3) is 1.80. The third-order valence-corrected chi connectivity index (χ3v) is 5.59. The van der Waals surface area contributed by atoms with Gasteiger partial charge in [-0.2, -0.15) is 0 Å². The lowest BCUT2D eigenvalue weighted by atomic mass is 9.51. The number of hydrogen-bond donors (Lipinski definition) is 0. The van der Waals surface area contributed by atoms with Crippen molar-refractivity contribution in [3.63, 3.8) is 0 Å². The van der Waals surface area contributed by atoms with Crippen molar-refractivity contribution in [3.05, 3.63) is 0 Å². The Kier molecular flexibility index (Phi) is 2.37. The van der Waals surface area contributed by atoms with Gasteiger partial charge in [0.15, 0.2) is 0 Å². The minimum atomic E-state index is 0.365. The summed E-state index contributed by atoms with van der Waals surface area (Å²) in [6, 6.07) is 0.524. The molecule has 0 unspecified atom stereocenters. The summed E-state index contributed by atoms with van der Waals surface area (Å²) in [5.41, 5.74) is 1.09. The minimum Gasteiger partial charge on any atom is -0.342 e. The summed E-state index contributed by atoms with van der Waals surface area (Å²) in [4.78, 5) is 14.4. The fraction of sp³-hybridized carbons (Fsp3) is 0.933. The van der Waals surface area contributed by atoms with Crippen molar-refractivity contribution < 1.29 is 4.79 Å². The molecule has 3 fully saturated rings. The quantitative estimate of drug-likeness (QED) is 0.719. The molecule has 3 aliphatic carbocycles. The Labute approximate surface area is 105 Å². The van der Waals surface area contributed by atoms with Crippen molar-refractivity contribution in [2.75, 3.05) is 7.05 Å². The molecule has 0 aromatic heterocycles. The highest BCUT2D eigenvalue weighted by Gasteiger charge is 2.52. The molecule has 0 N–H and O–H groups in total. The second-order valence-corrected chi connectivity index (χ2v) is 7.63. The number of amides is 1. The van der Waals surface area contributed by atoms with Crippen molar-refractivity contribution in [1.82, 2.24) is 4.90 Å². The number of carbonyl (C=O) groups is 1. The second kappa shape index (κ2) is 3.49. The van der Waals surface area contributed by atoms with Crippen LogP contribution >= 0.6 is 0 Å². The van der Waals surface area contributed by atoms with Crippen LogP contribution < -0.4 is 0 Å². The van der Waals surface area contributed by atoms with Crippen molar-refractivity contribution in [3.8, 4) is 0 Å². The SMILES string of the molecule is CN(C(=O)C1CC2(CCC2)C1)C1CC(C)(C)C1. The van der Waals surface area contributed by atoms with Gasteiger partial charge in [-0.15, -0.1) is 0 Å². The molecule has 0 saturated heterocycles. The van der Waals surface area contributed by atoms with Crippen molar-refractivity contribution in [1.29, 1.82) is 0 Å². The molecule has 17 heavy (non-hydrogen) atoms. The smallest absolute Gasteiger partial charge is 0.225 e. The summed E-state index contributed by atoms with van der Waals surface area (Å²) in [5.74, 6) is 0.798. The Morgan fingerprint density at radius 1 is 1.12 bits per heavy atom. The molecule has 3 rings (SSSR count). The van der Waals surface area contributed by atoms with E-state index in [1.54, 1.807) is 0 Å². The van der Waals surface area contributed by atoms with Gasteiger partial charge < -0.3 is 4.90 Å². The first-order valence-electron chi connectivity index (χ1n) is 7.18. The standard InChI is InChI=1S/C15H25NO/c1-14(2)9-12(10-14)16(3)13(17)11-7-15(8-11)5-4-6-15/h11-12H,4-10H2,1-3H3. The Hall–Kier alpha value is -0.530. The molecule has 0 atom stereocenters. The van der Waals surface area contributed by atoms with Crippen LogP contribution in [0.4, 0.5) is 0 Å². The number of hydrogen-bond acceptors (Lipinski definition) is 1. The third-order valence-electron chi connectivity index (χ3n) is 5.59. The van der Waals surface area contributed by atoms with Crippen LogP contribution in [0.25, 0.3) is 0 Å². The molecule has 2 heteroatoms. The van der Waals surface area contributed by atoms with Gasteiger partial charge in [-0.1, -0.05) is 20.3 Å². The van der Waals surface area contributed by atoms with E-state index in [0.29, 0.717) is 28.7 Å². The predicted octanol–water partition coefficient (Wildman–Crippen LogP) is 3.21. The normalized spacial score (nSPS) is 30.3. The van der Waals surface area contributed by atoms with Gasteiger partial charge >= 0.3 is 0 Å². The molecule has 0 aromatic carbocycles. The van der Waals surface area contributed by atoms with Crippen LogP contribution in [0.1, 0.15) is 58.8 Å². The number of carbonyl (C=O) groups excluding carboxylic acids is 1. The van der Waals surface area contributed by atoms with Gasteiger partial charge in [0.25, 0.3) is 0 Å². The van der Waals surface area contributed by atoms with Crippen LogP contribution in [0.3, 0.4) is 0 Å². The lowest BCUT2D eigenvalue weighted by Gasteiger charge is -2.55. The predicted molar refractivity (Wildman–Crippen MR) is 68.6 cm³/mol. The summed E-state index contributed by atoms with van der Waals surface area (Å²) in [5, 5.41) is 0. The van der Waals surface area contributed by atoms with Crippen LogP contribution in [-0.4, -0.2) is 23.9 Å². The van der Waals surface area contributed by atoms with E-state index >= 15 is 0 Å². The molecule has 96 valence electrons. The summed E-state index contributed by atoms with van der Waals surface area (Å²) in [7, 11) is 2.02. The molecule has 0 aliphatic heterocycles. The maximum absolute atomic E-state index is 12.3. The van der Waals surface area contributed by atoms with Gasteiger partial charge in [0.1, 0.15) is 0 Å². The first kappa shape index (κ1) is 11.6. The molecule has 0 aromatic rings. The molecule has 0 radical (unpaired) electrons. The van der Waals surface area contributed by atoms with Gasteiger partial charge in [-0.3, -0.25) is 4.79 Å². The number of rotatable bonds is 2. The second-order valence-electron chi connectivity index (χ2n) is 7.63. The van der Waals surface area contributed by atoms with E-state index in [1.165, 1.54) is 44.9 Å². The van der Waals surface area contributed by atoms with E-state index in [4.69, 9.17) is 0 Å². The Bertz CT molecular complexity index is 327. The summed E-state index contributed by atoms with van der Waals surface area (Å²) >= 11 is 0. The van der Waals surface area contributed by atoms with Crippen LogP contribution in [-0.2, 0) is 4.79 Å². The molecule has 1 spiro atoms. The van der Waals surface area contributed by atoms with E-state index in [2.05, 4.69) is 18.7 Å². The van der Waals surface area contributed by atoms with E-state index < -0.39 is 0 Å². The average molecular weight is 235 g/mol. The zero-order chi connectivity index (χ0) is 12.3. The molecule has 3 saturated carbocycles. The summed E-state index contributed by atoms with van der Waals surface area (Å²) in [6.45, 7) is 4.60. The highest BCUT2D eigenvalue weighted by atomic mass is 16.2. The monoisotopic (exact) mass is 235 g/mol. The first-order valence-corrected chi connectivity index (χ1v) is 7.18. The fourth-order valence-electron chi connectivity index (χ4n) is 4.20. The lowest BCUT2D eigenvalue weighted by Crippen LogP contribution is -2.55. The van der Waals surface area contributed by atoms with E-state index in [-0.39, 0.29) is 0 Å². The van der Waals surface area contributed by atoms with Gasteiger partial charge in [0.05, 0.1) is 0 Å². The summed E-state index contributed by atoms with van der Waals surface area (Å²) in [6.07, 6.45) is 8.92. The van der Waals surface area contributed by atoms with Gasteiger partial charge in [-0.05, 0) is 49.4 Å². The Morgan fingerprint density at radius 2 is 1.71 bits per heavy atom. The van der Waals surface area contributed by atoms with Gasteiger partial charge in [0.2, 0.25) is 5.91 Å². The average Bonchev–Trinajstić information content (AvgIpc) is 2.07. The Balaban J connectivity index is 1.50. The van der Waals surface area contributed by atoms with E-state index in [9.17, 15) is 4.79 Å². The highest BCUT2D eigenvalue weighted by Crippen LogP contribution is 2.59. The molecule has 2 nitrogen and oxygen atoms in total. The Morgan fingerprint density at radius 3 is 2.12 bits per heavy atom. The van der Waals surface area contributed by atoms with Crippen LogP contribution in [0.2, 0.25) is 0 Å². The van der Waals surface area contributed by atoms with Crippen LogP contribution in [0.15, 0.2) is 0 Å². The van der Waals surface area contributed by atoms with Crippen LogP contribution in [0, 0.1) is 16.7 Å². The molecule has 3 aliphatic rings. The molecular weight excluding hydrogens is 210 g/mol. The largest absolute Gasteiger partial charge is 0.342 e. The maximum atomic E-state index is 12.3. The molecular formula is C15H25NO. The van der Waals surface area contributed by atoms with Gasteiger partial charge in [-0.25, -0.2) is 0 Å². The lowest BCUT2D eigenvalue weighted by molar-refractivity contribution is -0.152.